The van der Waals surface area contributed by atoms with Crippen molar-refractivity contribution in [3.63, 3.8) is 0 Å². The molecule has 0 bridgehead atoms. The van der Waals surface area contributed by atoms with Crippen molar-refractivity contribution in [1.29, 1.82) is 0 Å². The van der Waals surface area contributed by atoms with Crippen LogP contribution in [0.4, 0.5) is 5.82 Å². The maximum Gasteiger partial charge on any atom is 0.349 e. The van der Waals surface area contributed by atoms with Crippen LogP contribution in [0.2, 0.25) is 0 Å². The summed E-state index contributed by atoms with van der Waals surface area (Å²) in [6.07, 6.45) is 1.87. The van der Waals surface area contributed by atoms with Crippen LogP contribution in [0.1, 0.15) is 18.7 Å². The fourth-order valence-electron chi connectivity index (χ4n) is 1.91. The van der Waals surface area contributed by atoms with Crippen LogP contribution < -0.4 is 11.0 Å². The number of fused-ring (bicyclic) bond motifs is 1. The number of H-pyrrole nitrogens is 1. The number of aromatic amines is 1. The molecule has 7 heteroatoms. The Morgan fingerprint density at radius 3 is 3.06 bits per heavy atom. The molecule has 0 unspecified atom stereocenters. The molecule has 0 amide bonds. The molecule has 0 aliphatic heterocycles. The number of aromatic nitrogens is 4. The smallest absolute Gasteiger partial charge is 0.349 e. The van der Waals surface area contributed by atoms with Crippen LogP contribution in [0.15, 0.2) is 10.9 Å². The third-order valence-electron chi connectivity index (χ3n) is 3.12. The zero-order chi connectivity index (χ0) is 12.0. The topological polar surface area (TPSA) is 95.3 Å². The van der Waals surface area contributed by atoms with Crippen molar-refractivity contribution >= 4 is 11.5 Å². The summed E-state index contributed by atoms with van der Waals surface area (Å²) in [5.74, 6) is 1.21. The van der Waals surface area contributed by atoms with E-state index in [4.69, 9.17) is 0 Å². The second-order valence-electron chi connectivity index (χ2n) is 4.47. The van der Waals surface area contributed by atoms with Crippen molar-refractivity contribution in [1.82, 2.24) is 19.6 Å². The van der Waals surface area contributed by atoms with E-state index in [2.05, 4.69) is 20.5 Å². The normalized spacial score (nSPS) is 17.3. The highest BCUT2D eigenvalue weighted by atomic mass is 16.3. The van der Waals surface area contributed by atoms with E-state index in [-0.39, 0.29) is 17.8 Å². The number of hydrogen-bond acceptors (Lipinski definition) is 5. The summed E-state index contributed by atoms with van der Waals surface area (Å²) >= 11 is 0. The first kappa shape index (κ1) is 10.3. The Morgan fingerprint density at radius 1 is 1.65 bits per heavy atom. The highest BCUT2D eigenvalue weighted by molar-refractivity contribution is 5.51. The molecule has 7 nitrogen and oxygen atoms in total. The maximum absolute atomic E-state index is 11.4. The van der Waals surface area contributed by atoms with Crippen LogP contribution in [0.25, 0.3) is 5.65 Å². The molecule has 2 aromatic rings. The lowest BCUT2D eigenvalue weighted by Gasteiger charge is -2.15. The Hall–Kier alpha value is -1.89. The summed E-state index contributed by atoms with van der Waals surface area (Å²) in [5.41, 5.74) is 0.00701. The number of nitrogens with one attached hydrogen (secondary N) is 2. The zero-order valence-electron chi connectivity index (χ0n) is 9.40. The summed E-state index contributed by atoms with van der Waals surface area (Å²) in [6, 6.07) is 1.70. The highest BCUT2D eigenvalue weighted by Crippen LogP contribution is 2.37. The summed E-state index contributed by atoms with van der Waals surface area (Å²) in [4.78, 5) is 15.7. The number of rotatable bonds is 3. The lowest BCUT2D eigenvalue weighted by molar-refractivity contribution is 0.266. The molecule has 0 atom stereocenters. The molecule has 3 rings (SSSR count). The van der Waals surface area contributed by atoms with Gasteiger partial charge in [-0.05, 0) is 19.8 Å². The minimum absolute atomic E-state index is 0.0896. The molecule has 1 saturated carbocycles. The molecular formula is C10H13N5O2. The second-order valence-corrected chi connectivity index (χ2v) is 4.47. The number of aliphatic hydroxyl groups excluding tert-OH is 1. The van der Waals surface area contributed by atoms with Crippen molar-refractivity contribution in [2.24, 2.45) is 0 Å². The van der Waals surface area contributed by atoms with Gasteiger partial charge in [0.05, 0.1) is 12.1 Å². The van der Waals surface area contributed by atoms with Crippen LogP contribution >= 0.6 is 0 Å². The van der Waals surface area contributed by atoms with Crippen molar-refractivity contribution in [3.05, 3.63) is 22.4 Å². The van der Waals surface area contributed by atoms with Gasteiger partial charge in [0, 0.05) is 6.07 Å². The zero-order valence-corrected chi connectivity index (χ0v) is 9.40. The van der Waals surface area contributed by atoms with E-state index in [1.54, 1.807) is 13.0 Å². The van der Waals surface area contributed by atoms with Gasteiger partial charge in [-0.2, -0.15) is 5.10 Å². The average Bonchev–Trinajstić information content (AvgIpc) is 2.96. The van der Waals surface area contributed by atoms with Crippen molar-refractivity contribution < 1.29 is 5.11 Å². The second kappa shape index (κ2) is 3.30. The van der Waals surface area contributed by atoms with Crippen LogP contribution in [-0.2, 0) is 0 Å². The van der Waals surface area contributed by atoms with E-state index in [1.807, 2.05) is 0 Å². The highest BCUT2D eigenvalue weighted by Gasteiger charge is 2.42. The Balaban J connectivity index is 2.04. The summed E-state index contributed by atoms with van der Waals surface area (Å²) in [6.45, 7) is 1.83. The third-order valence-corrected chi connectivity index (χ3v) is 3.12. The van der Waals surface area contributed by atoms with E-state index >= 15 is 0 Å². The van der Waals surface area contributed by atoms with E-state index < -0.39 is 0 Å². The number of aliphatic hydroxyl groups is 1. The van der Waals surface area contributed by atoms with Gasteiger partial charge in [-0.3, -0.25) is 0 Å². The van der Waals surface area contributed by atoms with Crippen LogP contribution in [-0.4, -0.2) is 36.8 Å². The van der Waals surface area contributed by atoms with Crippen molar-refractivity contribution in [3.8, 4) is 0 Å². The lowest BCUT2D eigenvalue weighted by Crippen LogP contribution is -2.26. The van der Waals surface area contributed by atoms with Crippen LogP contribution in [0.5, 0.6) is 0 Å². The Kier molecular flexibility index (Phi) is 1.99. The third kappa shape index (κ3) is 1.59. The monoisotopic (exact) mass is 235 g/mol. The fourth-order valence-corrected chi connectivity index (χ4v) is 1.91. The molecule has 90 valence electrons. The standard InChI is InChI=1S/C10H13N5O2/c1-6-11-7(12-10(5-16)2-3-10)4-8-13-14-9(17)15(6)8/h4,12,16H,2-3,5H2,1H3,(H,14,17). The molecular weight excluding hydrogens is 222 g/mol. The van der Waals surface area contributed by atoms with Crippen molar-refractivity contribution in [2.45, 2.75) is 25.3 Å². The SMILES string of the molecule is Cc1nc(NC2(CO)CC2)cc2n[nH]c(=O)n12. The molecule has 0 aromatic carbocycles. The molecule has 1 fully saturated rings. The quantitative estimate of drug-likeness (QED) is 0.676. The fraction of sp³-hybridized carbons (Fsp3) is 0.500. The summed E-state index contributed by atoms with van der Waals surface area (Å²) in [7, 11) is 0. The summed E-state index contributed by atoms with van der Waals surface area (Å²) in [5, 5.41) is 18.7. The summed E-state index contributed by atoms with van der Waals surface area (Å²) < 4.78 is 1.41. The van der Waals surface area contributed by atoms with E-state index in [1.165, 1.54) is 4.40 Å². The lowest BCUT2D eigenvalue weighted by atomic mass is 10.3. The average molecular weight is 235 g/mol. The van der Waals surface area contributed by atoms with E-state index in [0.717, 1.165) is 12.8 Å². The van der Waals surface area contributed by atoms with Gasteiger partial charge in [-0.25, -0.2) is 19.3 Å². The molecule has 2 heterocycles. The van der Waals surface area contributed by atoms with Gasteiger partial charge in [-0.1, -0.05) is 0 Å². The molecule has 17 heavy (non-hydrogen) atoms. The molecule has 1 aliphatic carbocycles. The Bertz CT molecular complexity index is 625. The number of nitrogens with zero attached hydrogens (tertiary/aromatic N) is 3. The maximum atomic E-state index is 11.4. The minimum atomic E-state index is -0.292. The minimum Gasteiger partial charge on any atom is -0.394 e. The van der Waals surface area contributed by atoms with Crippen molar-refractivity contribution in [2.75, 3.05) is 11.9 Å². The molecule has 2 aromatic heterocycles. The predicted octanol–water partition coefficient (Wildman–Crippen LogP) is -0.337. The van der Waals surface area contributed by atoms with Gasteiger partial charge in [0.25, 0.3) is 0 Å². The molecule has 0 spiro atoms. The molecule has 0 radical (unpaired) electrons. The Labute approximate surface area is 96.5 Å². The number of aryl methyl sites for hydroxylation is 1. The first-order valence-corrected chi connectivity index (χ1v) is 5.47. The van der Waals surface area contributed by atoms with Gasteiger partial charge < -0.3 is 10.4 Å². The van der Waals surface area contributed by atoms with Crippen LogP contribution in [0, 0.1) is 6.92 Å². The molecule has 0 saturated heterocycles. The largest absolute Gasteiger partial charge is 0.394 e. The van der Waals surface area contributed by atoms with E-state index in [9.17, 15) is 9.90 Å². The predicted molar refractivity (Wildman–Crippen MR) is 61.0 cm³/mol. The van der Waals surface area contributed by atoms with Gasteiger partial charge in [0.1, 0.15) is 11.6 Å². The first-order valence-electron chi connectivity index (χ1n) is 5.47. The van der Waals surface area contributed by atoms with Gasteiger partial charge >= 0.3 is 5.69 Å². The molecule has 3 N–H and O–H groups in total. The Morgan fingerprint density at radius 2 is 2.41 bits per heavy atom. The van der Waals surface area contributed by atoms with E-state index in [0.29, 0.717) is 17.3 Å². The van der Waals surface area contributed by atoms with Gasteiger partial charge in [-0.15, -0.1) is 0 Å². The van der Waals surface area contributed by atoms with Gasteiger partial charge in [0.15, 0.2) is 5.65 Å². The van der Waals surface area contributed by atoms with Gasteiger partial charge in [0.2, 0.25) is 0 Å². The molecule has 1 aliphatic rings. The number of anilines is 1. The van der Waals surface area contributed by atoms with Crippen LogP contribution in [0.3, 0.4) is 0 Å². The number of hydrogen-bond donors (Lipinski definition) is 3. The first-order chi connectivity index (χ1) is 8.13.